The van der Waals surface area contributed by atoms with Crippen molar-refractivity contribution in [1.29, 1.82) is 0 Å². The van der Waals surface area contributed by atoms with Gasteiger partial charge in [0.25, 0.3) is 0 Å². The molecule has 0 heterocycles. The Morgan fingerprint density at radius 3 is 0.730 bits per heavy atom. The van der Waals surface area contributed by atoms with E-state index in [9.17, 15) is 0 Å². The van der Waals surface area contributed by atoms with Gasteiger partial charge < -0.3 is 38.5 Å². The average Bonchev–Trinajstić information content (AvgIpc) is 2.94. The van der Waals surface area contributed by atoms with Gasteiger partial charge in [0.15, 0.2) is 0 Å². The van der Waals surface area contributed by atoms with Crippen LogP contribution in [0.3, 0.4) is 0 Å². The second-order valence-corrected chi connectivity index (χ2v) is 7.82. The van der Waals surface area contributed by atoms with E-state index in [0.29, 0.717) is 0 Å². The second-order valence-electron chi connectivity index (χ2n) is 7.82. The number of hydrogen-bond acceptors (Lipinski definition) is 7. The van der Waals surface area contributed by atoms with E-state index < -0.39 is 0 Å². The molecule has 0 radical (unpaired) electrons. The van der Waals surface area contributed by atoms with Crippen LogP contribution in [0, 0.1) is 10.1 Å². The Hall–Kier alpha value is -3.43. The zero-order chi connectivity index (χ0) is 25.5. The molecule has 0 aliphatic rings. The van der Waals surface area contributed by atoms with E-state index in [4.69, 9.17) is 33.0 Å². The van der Waals surface area contributed by atoms with Crippen molar-refractivity contribution in [3.63, 3.8) is 0 Å². The Kier molecular flexibility index (Phi) is 17.0. The summed E-state index contributed by atoms with van der Waals surface area (Å²) in [5.41, 5.74) is 28.9. The molecule has 0 fully saturated rings. The summed E-state index contributed by atoms with van der Waals surface area (Å²) in [6, 6.07) is 39.1. The summed E-state index contributed by atoms with van der Waals surface area (Å²) in [6.45, 7) is 0. The molecular formula is C28H34N5NiO3-. The maximum absolute atomic E-state index is 8.00. The van der Waals surface area contributed by atoms with Crippen molar-refractivity contribution in [1.82, 2.24) is 0 Å². The number of nitrogens with zero attached hydrogens (tertiary/aromatic N) is 1. The zero-order valence-corrected chi connectivity index (χ0v) is 21.2. The van der Waals surface area contributed by atoms with Crippen LogP contribution in [-0.4, -0.2) is 5.48 Å². The van der Waals surface area contributed by atoms with Crippen molar-refractivity contribution in [2.24, 2.45) is 28.3 Å². The molecule has 0 spiro atoms. The van der Waals surface area contributed by atoms with Crippen LogP contribution in [0.4, 0.5) is 0 Å². The summed E-state index contributed by atoms with van der Waals surface area (Å²) < 4.78 is 0. The number of hydrogen-bond donors (Lipinski definition) is 4. The van der Waals surface area contributed by atoms with E-state index in [1.54, 1.807) is 0 Å². The van der Waals surface area contributed by atoms with Gasteiger partial charge in [0.2, 0.25) is 0 Å². The molecule has 4 rings (SSSR count). The van der Waals surface area contributed by atoms with Crippen LogP contribution in [0.25, 0.3) is 0 Å². The molecule has 4 aromatic rings. The monoisotopic (exact) mass is 546 g/mol. The molecule has 37 heavy (non-hydrogen) atoms. The Morgan fingerprint density at radius 2 is 0.595 bits per heavy atom. The van der Waals surface area contributed by atoms with Crippen LogP contribution in [0.15, 0.2) is 127 Å². The van der Waals surface area contributed by atoms with Crippen molar-refractivity contribution in [3.05, 3.63) is 154 Å². The first kappa shape index (κ1) is 33.6. The molecule has 4 aromatic carbocycles. The summed E-state index contributed by atoms with van der Waals surface area (Å²) in [6.07, 6.45) is 0. The fourth-order valence-corrected chi connectivity index (χ4v) is 3.53. The predicted molar refractivity (Wildman–Crippen MR) is 146 cm³/mol. The van der Waals surface area contributed by atoms with Gasteiger partial charge in [-0.25, -0.2) is 0 Å². The molecule has 8 nitrogen and oxygen atoms in total. The number of rotatable bonds is 6. The predicted octanol–water partition coefficient (Wildman–Crippen LogP) is 4.20. The van der Waals surface area contributed by atoms with Gasteiger partial charge in [-0.2, -0.15) is 0 Å². The molecule has 0 aliphatic carbocycles. The van der Waals surface area contributed by atoms with Crippen molar-refractivity contribution in [2.45, 2.75) is 24.2 Å². The van der Waals surface area contributed by atoms with Crippen LogP contribution in [0.5, 0.6) is 0 Å². The molecule has 0 saturated carbocycles. The Morgan fingerprint density at radius 1 is 0.459 bits per heavy atom. The van der Waals surface area contributed by atoms with E-state index in [0.717, 1.165) is 27.6 Å². The third kappa shape index (κ3) is 11.0. The summed E-state index contributed by atoms with van der Waals surface area (Å²) in [5.74, 6) is 0. The van der Waals surface area contributed by atoms with Crippen molar-refractivity contribution >= 4 is 0 Å². The van der Waals surface area contributed by atoms with Crippen molar-refractivity contribution in [2.75, 3.05) is 0 Å². The smallest absolute Gasteiger partial charge is 0.0491 e. The molecule has 0 bridgehead atoms. The third-order valence-electron chi connectivity index (χ3n) is 5.51. The van der Waals surface area contributed by atoms with Crippen LogP contribution >= 0.6 is 0 Å². The topological polar surface area (TPSA) is 188 Å². The molecule has 9 heteroatoms. The zero-order valence-electron chi connectivity index (χ0n) is 20.2. The van der Waals surface area contributed by atoms with Gasteiger partial charge in [-0.1, -0.05) is 121 Å². The van der Waals surface area contributed by atoms with Gasteiger partial charge in [-0.3, -0.25) is 0 Å². The third-order valence-corrected chi connectivity index (χ3v) is 5.51. The second kappa shape index (κ2) is 18.8. The Bertz CT molecular complexity index is 920. The Labute approximate surface area is 227 Å². The first-order chi connectivity index (χ1) is 17.0. The molecule has 0 aromatic heterocycles. The molecule has 0 saturated heterocycles. The van der Waals surface area contributed by atoms with Gasteiger partial charge in [0.1, 0.15) is 0 Å². The first-order valence-corrected chi connectivity index (χ1v) is 11.2. The summed E-state index contributed by atoms with van der Waals surface area (Å²) in [5, 5.41) is 9.00. The van der Waals surface area contributed by atoms with E-state index >= 15 is 0 Å². The largest absolute Gasteiger partial charge is 0.444 e. The minimum absolute atomic E-state index is 0. The fraction of sp³-hybridized carbons (Fsp3) is 0.143. The minimum Gasteiger partial charge on any atom is -0.444 e. The summed E-state index contributed by atoms with van der Waals surface area (Å²) >= 11 is 0. The Balaban J connectivity index is 0.000000604. The quantitative estimate of drug-likeness (QED) is 0.159. The molecule has 4 unspecified atom stereocenters. The molecule has 4 atom stereocenters. The first-order valence-electron chi connectivity index (χ1n) is 11.2. The van der Waals surface area contributed by atoms with Gasteiger partial charge in [0.05, 0.1) is 0 Å². The van der Waals surface area contributed by atoms with Gasteiger partial charge >= 0.3 is 0 Å². The molecular weight excluding hydrogens is 513 g/mol. The van der Waals surface area contributed by atoms with Crippen LogP contribution < -0.4 is 22.9 Å². The van der Waals surface area contributed by atoms with E-state index in [1.807, 2.05) is 121 Å². The van der Waals surface area contributed by atoms with Gasteiger partial charge in [-0.05, 0) is 22.3 Å². The van der Waals surface area contributed by atoms with Crippen molar-refractivity contribution in [3.8, 4) is 0 Å². The van der Waals surface area contributed by atoms with Gasteiger partial charge in [0, 0.05) is 40.7 Å². The van der Waals surface area contributed by atoms with Gasteiger partial charge in [-0.15, -0.1) is 5.34 Å². The van der Waals surface area contributed by atoms with E-state index in [2.05, 4.69) is 0 Å². The van der Waals surface area contributed by atoms with Crippen LogP contribution in [-0.2, 0) is 16.5 Å². The van der Waals surface area contributed by atoms with Crippen LogP contribution in [0.2, 0.25) is 0 Å². The normalized spacial score (nSPS) is 12.8. The molecule has 10 N–H and O–H groups in total. The minimum atomic E-state index is -0.163. The number of nitrogens with two attached hydrogens (primary N) is 4. The maximum atomic E-state index is 8.00. The summed E-state index contributed by atoms with van der Waals surface area (Å²) in [4.78, 5) is 8.00. The molecule has 0 aliphatic heterocycles. The van der Waals surface area contributed by atoms with Crippen molar-refractivity contribution < 1.29 is 22.0 Å². The van der Waals surface area contributed by atoms with Crippen LogP contribution in [0.1, 0.15) is 46.4 Å². The SMILES string of the molecule is NC(c1ccccc1)C(N)c1ccccc1.NC(c1ccccc1)C(N)c1ccccc1.O.O=N[O-].[Ni]. The maximum Gasteiger partial charge on any atom is 0.0491 e. The summed E-state index contributed by atoms with van der Waals surface area (Å²) in [7, 11) is 0. The average molecular weight is 547 g/mol. The molecule has 200 valence electrons. The molecule has 0 amide bonds. The van der Waals surface area contributed by atoms with E-state index in [1.165, 1.54) is 0 Å². The standard InChI is InChI=1S/2C14H16N2.HNO2.Ni.H2O/c2*15-13(11-7-3-1-4-8-11)14(16)12-9-5-2-6-10-12;2-1-3;;/h2*1-10,13-14H,15-16H2;(H,2,3);;1H2/p-1. The van der Waals surface area contributed by atoms with E-state index in [-0.39, 0.29) is 46.1 Å². The fourth-order valence-electron chi connectivity index (χ4n) is 3.53. The number of benzene rings is 4.